The predicted molar refractivity (Wildman–Crippen MR) is 68.1 cm³/mol. The highest BCUT2D eigenvalue weighted by Crippen LogP contribution is 2.27. The first-order valence-electron chi connectivity index (χ1n) is 5.94. The molecule has 1 unspecified atom stereocenters. The van der Waals surface area contributed by atoms with E-state index >= 15 is 0 Å². The fourth-order valence-corrected chi connectivity index (χ4v) is 2.23. The van der Waals surface area contributed by atoms with Gasteiger partial charge < -0.3 is 9.52 Å². The number of furan rings is 1. The van der Waals surface area contributed by atoms with Crippen molar-refractivity contribution in [1.82, 2.24) is 0 Å². The Hall–Kier alpha value is -1.54. The Morgan fingerprint density at radius 2 is 1.82 bits per heavy atom. The average Bonchev–Trinajstić information content (AvgIpc) is 2.74. The van der Waals surface area contributed by atoms with Crippen molar-refractivity contribution in [3.63, 3.8) is 0 Å². The smallest absolute Gasteiger partial charge is 0.109 e. The van der Waals surface area contributed by atoms with Crippen molar-refractivity contribution in [3.05, 3.63) is 58.5 Å². The zero-order chi connectivity index (χ0) is 12.4. The van der Waals surface area contributed by atoms with Crippen LogP contribution in [0.1, 0.15) is 41.0 Å². The first kappa shape index (κ1) is 11.9. The minimum absolute atomic E-state index is 0.595. The van der Waals surface area contributed by atoms with Crippen LogP contribution in [-0.2, 0) is 6.42 Å². The molecule has 17 heavy (non-hydrogen) atoms. The Balaban J connectivity index is 2.39. The molecule has 1 heterocycles. The van der Waals surface area contributed by atoms with Crippen LogP contribution in [0.4, 0.5) is 0 Å². The van der Waals surface area contributed by atoms with E-state index in [-0.39, 0.29) is 0 Å². The molecule has 90 valence electrons. The van der Waals surface area contributed by atoms with Crippen LogP contribution >= 0.6 is 0 Å². The highest BCUT2D eigenvalue weighted by Gasteiger charge is 2.16. The van der Waals surface area contributed by atoms with Crippen LogP contribution in [0, 0.1) is 13.8 Å². The van der Waals surface area contributed by atoms with E-state index in [1.807, 2.05) is 39.0 Å². The van der Waals surface area contributed by atoms with Gasteiger partial charge in [0.05, 0.1) is 6.26 Å². The summed E-state index contributed by atoms with van der Waals surface area (Å²) in [5, 5.41) is 10.4. The first-order chi connectivity index (χ1) is 8.11. The van der Waals surface area contributed by atoms with Crippen LogP contribution < -0.4 is 0 Å². The summed E-state index contributed by atoms with van der Waals surface area (Å²) in [7, 11) is 0. The monoisotopic (exact) mass is 230 g/mol. The summed E-state index contributed by atoms with van der Waals surface area (Å²) in [4.78, 5) is 0. The summed E-state index contributed by atoms with van der Waals surface area (Å²) in [5.41, 5.74) is 4.14. The number of hydrogen-bond acceptors (Lipinski definition) is 2. The molecular weight excluding hydrogens is 212 g/mol. The summed E-state index contributed by atoms with van der Waals surface area (Å²) in [5.74, 6) is 0.858. The SMILES string of the molecule is CCc1occc1C(O)c1cc(C)cc(C)c1. The van der Waals surface area contributed by atoms with E-state index in [2.05, 4.69) is 6.07 Å². The molecular formula is C15H18O2. The van der Waals surface area contributed by atoms with Gasteiger partial charge in [0.2, 0.25) is 0 Å². The molecule has 0 bridgehead atoms. The first-order valence-corrected chi connectivity index (χ1v) is 5.94. The van der Waals surface area contributed by atoms with E-state index in [1.165, 1.54) is 11.1 Å². The molecule has 1 aromatic heterocycles. The van der Waals surface area contributed by atoms with Gasteiger partial charge in [0, 0.05) is 12.0 Å². The zero-order valence-electron chi connectivity index (χ0n) is 10.5. The Labute approximate surface area is 102 Å². The molecule has 0 aliphatic heterocycles. The Bertz CT molecular complexity index is 491. The molecule has 2 nitrogen and oxygen atoms in total. The van der Waals surface area contributed by atoms with Crippen LogP contribution in [0.5, 0.6) is 0 Å². The molecule has 1 N–H and O–H groups in total. The second kappa shape index (κ2) is 4.76. The molecule has 0 saturated carbocycles. The highest BCUT2D eigenvalue weighted by atomic mass is 16.3. The van der Waals surface area contributed by atoms with Crippen LogP contribution in [-0.4, -0.2) is 5.11 Å². The van der Waals surface area contributed by atoms with Crippen LogP contribution in [0.2, 0.25) is 0 Å². The molecule has 0 aliphatic carbocycles. The van der Waals surface area contributed by atoms with Gasteiger partial charge in [0.1, 0.15) is 11.9 Å². The minimum atomic E-state index is -0.595. The summed E-state index contributed by atoms with van der Waals surface area (Å²) >= 11 is 0. The maximum absolute atomic E-state index is 10.4. The molecule has 1 atom stereocenters. The van der Waals surface area contributed by atoms with Gasteiger partial charge >= 0.3 is 0 Å². The lowest BCUT2D eigenvalue weighted by molar-refractivity contribution is 0.217. The lowest BCUT2D eigenvalue weighted by Crippen LogP contribution is -2.02. The van der Waals surface area contributed by atoms with Gasteiger partial charge in [-0.25, -0.2) is 0 Å². The Morgan fingerprint density at radius 1 is 1.18 bits per heavy atom. The molecule has 0 saturated heterocycles. The molecule has 2 rings (SSSR count). The molecule has 2 heteroatoms. The molecule has 0 aliphatic rings. The molecule has 0 fully saturated rings. The molecule has 0 amide bonds. The third-order valence-corrected chi connectivity index (χ3v) is 2.96. The van der Waals surface area contributed by atoms with Crippen molar-refractivity contribution in [2.24, 2.45) is 0 Å². The number of aliphatic hydroxyl groups is 1. The number of aryl methyl sites for hydroxylation is 3. The quantitative estimate of drug-likeness (QED) is 0.874. The van der Waals surface area contributed by atoms with Gasteiger partial charge in [0.25, 0.3) is 0 Å². The lowest BCUT2D eigenvalue weighted by Gasteiger charge is -2.12. The second-order valence-electron chi connectivity index (χ2n) is 4.48. The Kier molecular flexibility index (Phi) is 3.34. The maximum atomic E-state index is 10.4. The van der Waals surface area contributed by atoms with Crippen LogP contribution in [0.3, 0.4) is 0 Å². The van der Waals surface area contributed by atoms with E-state index in [0.29, 0.717) is 0 Å². The zero-order valence-corrected chi connectivity index (χ0v) is 10.5. The van der Waals surface area contributed by atoms with Crippen molar-refractivity contribution in [1.29, 1.82) is 0 Å². The van der Waals surface area contributed by atoms with Gasteiger partial charge in [-0.15, -0.1) is 0 Å². The van der Waals surface area contributed by atoms with E-state index < -0.39 is 6.10 Å². The predicted octanol–water partition coefficient (Wildman–Crippen LogP) is 3.54. The van der Waals surface area contributed by atoms with E-state index in [9.17, 15) is 5.11 Å². The largest absolute Gasteiger partial charge is 0.469 e. The number of rotatable bonds is 3. The minimum Gasteiger partial charge on any atom is -0.469 e. The van der Waals surface area contributed by atoms with Gasteiger partial charge in [-0.1, -0.05) is 36.2 Å². The molecule has 0 radical (unpaired) electrons. The van der Waals surface area contributed by atoms with Crippen LogP contribution in [0.25, 0.3) is 0 Å². The number of benzene rings is 1. The molecule has 2 aromatic rings. The summed E-state index contributed by atoms with van der Waals surface area (Å²) in [6, 6.07) is 7.99. The second-order valence-corrected chi connectivity index (χ2v) is 4.48. The van der Waals surface area contributed by atoms with Crippen LogP contribution in [0.15, 0.2) is 34.9 Å². The maximum Gasteiger partial charge on any atom is 0.109 e. The summed E-state index contributed by atoms with van der Waals surface area (Å²) in [6.07, 6.45) is 1.84. The van der Waals surface area contributed by atoms with Gasteiger partial charge in [-0.3, -0.25) is 0 Å². The van der Waals surface area contributed by atoms with Gasteiger partial charge in [0.15, 0.2) is 0 Å². The van der Waals surface area contributed by atoms with Crippen molar-refractivity contribution >= 4 is 0 Å². The third kappa shape index (κ3) is 2.42. The summed E-state index contributed by atoms with van der Waals surface area (Å²) in [6.45, 7) is 6.11. The lowest BCUT2D eigenvalue weighted by atomic mass is 9.98. The number of aliphatic hydroxyl groups excluding tert-OH is 1. The number of hydrogen-bond donors (Lipinski definition) is 1. The van der Waals surface area contributed by atoms with Crippen molar-refractivity contribution in [2.75, 3.05) is 0 Å². The Morgan fingerprint density at radius 3 is 2.41 bits per heavy atom. The highest BCUT2D eigenvalue weighted by molar-refractivity contribution is 5.36. The van der Waals surface area contributed by atoms with Crippen molar-refractivity contribution in [2.45, 2.75) is 33.3 Å². The summed E-state index contributed by atoms with van der Waals surface area (Å²) < 4.78 is 5.36. The van der Waals surface area contributed by atoms with E-state index in [1.54, 1.807) is 6.26 Å². The molecule has 1 aromatic carbocycles. The standard InChI is InChI=1S/C15H18O2/c1-4-14-13(5-6-17-14)15(16)12-8-10(2)7-11(3)9-12/h5-9,15-16H,4H2,1-3H3. The topological polar surface area (TPSA) is 33.4 Å². The molecule has 0 spiro atoms. The fraction of sp³-hybridized carbons (Fsp3) is 0.333. The van der Waals surface area contributed by atoms with E-state index in [4.69, 9.17) is 4.42 Å². The van der Waals surface area contributed by atoms with Crippen molar-refractivity contribution in [3.8, 4) is 0 Å². The van der Waals surface area contributed by atoms with Gasteiger partial charge in [-0.05, 0) is 25.5 Å². The van der Waals surface area contributed by atoms with E-state index in [0.717, 1.165) is 23.3 Å². The third-order valence-electron chi connectivity index (χ3n) is 2.96. The van der Waals surface area contributed by atoms with Crippen molar-refractivity contribution < 1.29 is 9.52 Å². The normalized spacial score (nSPS) is 12.7. The fourth-order valence-electron chi connectivity index (χ4n) is 2.23. The van der Waals surface area contributed by atoms with Gasteiger partial charge in [-0.2, -0.15) is 0 Å². The average molecular weight is 230 g/mol.